The molecule has 0 radical (unpaired) electrons. The molecule has 3 nitrogen and oxygen atoms in total. The molecule has 1 N–H and O–H groups in total. The standard InChI is InChI=1S/C17H24N2O/c20-17(18-15-9-2-1-3-10-15)13-19-12-6-8-14-7-4-5-11-16(14)19/h1-3,9-10,14,16H,4-8,11-13H2,(H,18,20)/t14-,16-/m0/s1. The van der Waals surface area contributed by atoms with Gasteiger partial charge in [0.15, 0.2) is 0 Å². The maximum atomic E-state index is 12.2. The van der Waals surface area contributed by atoms with Crippen LogP contribution in [0.25, 0.3) is 0 Å². The molecule has 1 aromatic carbocycles. The number of hydrogen-bond donors (Lipinski definition) is 1. The number of amides is 1. The normalized spacial score (nSPS) is 26.8. The van der Waals surface area contributed by atoms with Crippen LogP contribution in [-0.4, -0.2) is 29.9 Å². The van der Waals surface area contributed by atoms with Crippen LogP contribution in [0.5, 0.6) is 0 Å². The van der Waals surface area contributed by atoms with Gasteiger partial charge in [0, 0.05) is 11.7 Å². The van der Waals surface area contributed by atoms with Gasteiger partial charge in [-0.25, -0.2) is 0 Å². The van der Waals surface area contributed by atoms with Crippen molar-refractivity contribution >= 4 is 11.6 Å². The minimum Gasteiger partial charge on any atom is -0.325 e. The van der Waals surface area contributed by atoms with E-state index in [4.69, 9.17) is 0 Å². The lowest BCUT2D eigenvalue weighted by Crippen LogP contribution is -2.49. The molecule has 0 bridgehead atoms. The maximum absolute atomic E-state index is 12.2. The molecular weight excluding hydrogens is 248 g/mol. The van der Waals surface area contributed by atoms with Crippen molar-refractivity contribution in [2.75, 3.05) is 18.4 Å². The van der Waals surface area contributed by atoms with Crippen LogP contribution in [0.15, 0.2) is 30.3 Å². The van der Waals surface area contributed by atoms with E-state index in [1.807, 2.05) is 30.3 Å². The molecule has 1 heterocycles. The molecule has 0 aromatic heterocycles. The fourth-order valence-electron chi connectivity index (χ4n) is 3.83. The first-order valence-electron chi connectivity index (χ1n) is 7.92. The molecule has 3 heteroatoms. The molecule has 20 heavy (non-hydrogen) atoms. The minimum atomic E-state index is 0.127. The maximum Gasteiger partial charge on any atom is 0.238 e. The molecule has 2 aliphatic rings. The van der Waals surface area contributed by atoms with Crippen molar-refractivity contribution in [2.24, 2.45) is 5.92 Å². The Morgan fingerprint density at radius 2 is 1.85 bits per heavy atom. The average molecular weight is 272 g/mol. The fourth-order valence-corrected chi connectivity index (χ4v) is 3.83. The summed E-state index contributed by atoms with van der Waals surface area (Å²) < 4.78 is 0. The Morgan fingerprint density at radius 3 is 2.70 bits per heavy atom. The van der Waals surface area contributed by atoms with Gasteiger partial charge < -0.3 is 5.32 Å². The molecular formula is C17H24N2O. The zero-order valence-electron chi connectivity index (χ0n) is 12.1. The molecule has 1 saturated heterocycles. The molecule has 108 valence electrons. The molecule has 0 unspecified atom stereocenters. The third-order valence-electron chi connectivity index (χ3n) is 4.76. The largest absolute Gasteiger partial charge is 0.325 e. The summed E-state index contributed by atoms with van der Waals surface area (Å²) in [5.41, 5.74) is 0.898. The summed E-state index contributed by atoms with van der Waals surface area (Å²) in [6, 6.07) is 10.4. The summed E-state index contributed by atoms with van der Waals surface area (Å²) >= 11 is 0. The van der Waals surface area contributed by atoms with Gasteiger partial charge in [0.05, 0.1) is 6.54 Å². The smallest absolute Gasteiger partial charge is 0.238 e. The molecule has 1 amide bonds. The van der Waals surface area contributed by atoms with Gasteiger partial charge in [-0.05, 0) is 50.3 Å². The average Bonchev–Trinajstić information content (AvgIpc) is 2.48. The molecule has 1 aromatic rings. The number of fused-ring (bicyclic) bond motifs is 1. The second-order valence-electron chi connectivity index (χ2n) is 6.14. The van der Waals surface area contributed by atoms with E-state index in [-0.39, 0.29) is 5.91 Å². The quantitative estimate of drug-likeness (QED) is 0.916. The molecule has 3 rings (SSSR count). The van der Waals surface area contributed by atoms with Gasteiger partial charge in [-0.15, -0.1) is 0 Å². The number of hydrogen-bond acceptors (Lipinski definition) is 2. The van der Waals surface area contributed by atoms with Gasteiger partial charge in [0.2, 0.25) is 5.91 Å². The molecule has 0 spiro atoms. The van der Waals surface area contributed by atoms with Gasteiger partial charge in [-0.2, -0.15) is 0 Å². The van der Waals surface area contributed by atoms with E-state index in [1.54, 1.807) is 0 Å². The second kappa shape index (κ2) is 6.40. The number of nitrogens with one attached hydrogen (secondary N) is 1. The summed E-state index contributed by atoms with van der Waals surface area (Å²) in [5, 5.41) is 3.00. The number of rotatable bonds is 3. The predicted octanol–water partition coefficient (Wildman–Crippen LogP) is 3.28. The first kappa shape index (κ1) is 13.6. The Hall–Kier alpha value is -1.35. The van der Waals surface area contributed by atoms with Crippen molar-refractivity contribution in [3.63, 3.8) is 0 Å². The van der Waals surface area contributed by atoms with Crippen molar-refractivity contribution in [3.05, 3.63) is 30.3 Å². The van der Waals surface area contributed by atoms with Crippen LogP contribution >= 0.6 is 0 Å². The summed E-state index contributed by atoms with van der Waals surface area (Å²) in [7, 11) is 0. The Bertz CT molecular complexity index is 444. The first-order chi connectivity index (χ1) is 9.83. The molecule has 2 fully saturated rings. The highest BCUT2D eigenvalue weighted by Gasteiger charge is 2.33. The number of para-hydroxylation sites is 1. The number of carbonyl (C=O) groups is 1. The van der Waals surface area contributed by atoms with Crippen molar-refractivity contribution in [1.82, 2.24) is 4.90 Å². The van der Waals surface area contributed by atoms with Crippen molar-refractivity contribution in [1.29, 1.82) is 0 Å². The van der Waals surface area contributed by atoms with E-state index in [0.717, 1.165) is 18.2 Å². The predicted molar refractivity (Wildman–Crippen MR) is 81.6 cm³/mol. The number of benzene rings is 1. The zero-order valence-corrected chi connectivity index (χ0v) is 12.1. The number of carbonyl (C=O) groups excluding carboxylic acids is 1. The lowest BCUT2D eigenvalue weighted by molar-refractivity contribution is -0.118. The molecule has 2 atom stereocenters. The Morgan fingerprint density at radius 1 is 1.10 bits per heavy atom. The van der Waals surface area contributed by atoms with E-state index in [9.17, 15) is 4.79 Å². The van der Waals surface area contributed by atoms with E-state index in [0.29, 0.717) is 12.6 Å². The Kier molecular flexibility index (Phi) is 4.36. The Balaban J connectivity index is 1.57. The topological polar surface area (TPSA) is 32.3 Å². The summed E-state index contributed by atoms with van der Waals surface area (Å²) in [4.78, 5) is 14.6. The van der Waals surface area contributed by atoms with Crippen LogP contribution in [0, 0.1) is 5.92 Å². The van der Waals surface area contributed by atoms with Gasteiger partial charge in [-0.3, -0.25) is 9.69 Å². The highest BCUT2D eigenvalue weighted by atomic mass is 16.2. The van der Waals surface area contributed by atoms with E-state index < -0.39 is 0 Å². The highest BCUT2D eigenvalue weighted by molar-refractivity contribution is 5.92. The second-order valence-corrected chi connectivity index (χ2v) is 6.14. The van der Waals surface area contributed by atoms with E-state index in [2.05, 4.69) is 10.2 Å². The van der Waals surface area contributed by atoms with Gasteiger partial charge in [0.25, 0.3) is 0 Å². The first-order valence-corrected chi connectivity index (χ1v) is 7.92. The van der Waals surface area contributed by atoms with Crippen LogP contribution < -0.4 is 5.32 Å². The van der Waals surface area contributed by atoms with Gasteiger partial charge in [0.1, 0.15) is 0 Å². The van der Waals surface area contributed by atoms with Crippen molar-refractivity contribution < 1.29 is 4.79 Å². The number of nitrogens with zero attached hydrogens (tertiary/aromatic N) is 1. The summed E-state index contributed by atoms with van der Waals surface area (Å²) in [6.45, 7) is 1.64. The minimum absolute atomic E-state index is 0.127. The SMILES string of the molecule is O=C(CN1CCC[C@@H]2CCCC[C@@H]21)Nc1ccccc1. The monoisotopic (exact) mass is 272 g/mol. The highest BCUT2D eigenvalue weighted by Crippen LogP contribution is 2.34. The molecule has 1 aliphatic carbocycles. The lowest BCUT2D eigenvalue weighted by Gasteiger charge is -2.43. The summed E-state index contributed by atoms with van der Waals surface area (Å²) in [5.74, 6) is 0.962. The van der Waals surface area contributed by atoms with Crippen LogP contribution in [0.3, 0.4) is 0 Å². The van der Waals surface area contributed by atoms with Crippen LogP contribution in [0.1, 0.15) is 38.5 Å². The fraction of sp³-hybridized carbons (Fsp3) is 0.588. The number of anilines is 1. The third-order valence-corrected chi connectivity index (χ3v) is 4.76. The van der Waals surface area contributed by atoms with Crippen LogP contribution in [-0.2, 0) is 4.79 Å². The van der Waals surface area contributed by atoms with Crippen LogP contribution in [0.4, 0.5) is 5.69 Å². The van der Waals surface area contributed by atoms with Gasteiger partial charge >= 0.3 is 0 Å². The molecule has 1 aliphatic heterocycles. The summed E-state index contributed by atoms with van der Waals surface area (Å²) in [6.07, 6.45) is 7.97. The van der Waals surface area contributed by atoms with Crippen molar-refractivity contribution in [3.8, 4) is 0 Å². The zero-order chi connectivity index (χ0) is 13.8. The van der Waals surface area contributed by atoms with Crippen LogP contribution in [0.2, 0.25) is 0 Å². The third kappa shape index (κ3) is 3.21. The lowest BCUT2D eigenvalue weighted by atomic mass is 9.78. The molecule has 1 saturated carbocycles. The van der Waals surface area contributed by atoms with Gasteiger partial charge in [-0.1, -0.05) is 31.0 Å². The Labute approximate surface area is 121 Å². The number of likely N-dealkylation sites (tertiary alicyclic amines) is 1. The van der Waals surface area contributed by atoms with E-state index in [1.165, 1.54) is 38.5 Å². The van der Waals surface area contributed by atoms with Crippen molar-refractivity contribution in [2.45, 2.75) is 44.6 Å². The van der Waals surface area contributed by atoms with E-state index >= 15 is 0 Å². The number of piperidine rings is 1.